The number of hydrogen-bond acceptors (Lipinski definition) is 2. The zero-order valence-corrected chi connectivity index (χ0v) is 13.4. The summed E-state index contributed by atoms with van der Waals surface area (Å²) in [4.78, 5) is 14.2. The molecule has 112 valence electrons. The van der Waals surface area contributed by atoms with Crippen molar-refractivity contribution < 1.29 is 4.79 Å². The molecule has 0 radical (unpaired) electrons. The van der Waals surface area contributed by atoms with E-state index in [1.165, 1.54) is 5.56 Å². The highest BCUT2D eigenvalue weighted by Gasteiger charge is 2.11. The van der Waals surface area contributed by atoms with E-state index < -0.39 is 0 Å². The summed E-state index contributed by atoms with van der Waals surface area (Å²) >= 11 is 0. The van der Waals surface area contributed by atoms with Crippen LogP contribution in [0.15, 0.2) is 24.3 Å². The van der Waals surface area contributed by atoms with Crippen LogP contribution in [0.5, 0.6) is 0 Å². The van der Waals surface area contributed by atoms with Crippen LogP contribution in [-0.2, 0) is 4.79 Å². The first-order valence-corrected chi connectivity index (χ1v) is 7.47. The zero-order valence-electron chi connectivity index (χ0n) is 13.4. The molecule has 20 heavy (non-hydrogen) atoms. The summed E-state index contributed by atoms with van der Waals surface area (Å²) in [5.41, 5.74) is 2.12. The summed E-state index contributed by atoms with van der Waals surface area (Å²) in [7, 11) is 2.00. The highest BCUT2D eigenvalue weighted by Crippen LogP contribution is 2.23. The molecule has 1 aromatic rings. The molecular weight excluding hydrogens is 248 g/mol. The van der Waals surface area contributed by atoms with Gasteiger partial charge in [-0.05, 0) is 43.5 Å². The van der Waals surface area contributed by atoms with Crippen molar-refractivity contribution in [3.8, 4) is 0 Å². The number of anilines is 1. The number of likely N-dealkylation sites (N-methyl/N-ethyl adjacent to an activating group) is 1. The Hall–Kier alpha value is -1.35. The second-order valence-electron chi connectivity index (χ2n) is 6.21. The van der Waals surface area contributed by atoms with Gasteiger partial charge < -0.3 is 5.32 Å². The molecule has 0 aliphatic rings. The van der Waals surface area contributed by atoms with Crippen LogP contribution in [0.1, 0.15) is 45.6 Å². The van der Waals surface area contributed by atoms with E-state index in [1.54, 1.807) is 0 Å². The van der Waals surface area contributed by atoms with Gasteiger partial charge in [0.25, 0.3) is 0 Å². The second-order valence-corrected chi connectivity index (χ2v) is 6.21. The molecule has 1 aromatic carbocycles. The van der Waals surface area contributed by atoms with Gasteiger partial charge in [-0.2, -0.15) is 0 Å². The van der Waals surface area contributed by atoms with Gasteiger partial charge >= 0.3 is 0 Å². The number of para-hydroxylation sites is 1. The summed E-state index contributed by atoms with van der Waals surface area (Å²) in [5, 5.41) is 3.03. The van der Waals surface area contributed by atoms with Crippen molar-refractivity contribution in [1.82, 2.24) is 4.90 Å². The maximum atomic E-state index is 12.1. The predicted molar refractivity (Wildman–Crippen MR) is 86.1 cm³/mol. The van der Waals surface area contributed by atoms with E-state index in [0.29, 0.717) is 18.4 Å². The van der Waals surface area contributed by atoms with E-state index in [0.717, 1.165) is 18.7 Å². The van der Waals surface area contributed by atoms with Gasteiger partial charge in [-0.3, -0.25) is 9.69 Å². The quantitative estimate of drug-likeness (QED) is 0.823. The van der Waals surface area contributed by atoms with E-state index in [4.69, 9.17) is 0 Å². The topological polar surface area (TPSA) is 32.3 Å². The third-order valence-corrected chi connectivity index (χ3v) is 3.36. The van der Waals surface area contributed by atoms with E-state index in [1.807, 2.05) is 25.2 Å². The Morgan fingerprint density at radius 2 is 1.85 bits per heavy atom. The lowest BCUT2D eigenvalue weighted by Crippen LogP contribution is -2.31. The molecule has 0 bridgehead atoms. The Balaban J connectivity index is 2.54. The first-order chi connectivity index (χ1) is 9.40. The maximum Gasteiger partial charge on any atom is 0.238 e. The number of rotatable bonds is 7. The van der Waals surface area contributed by atoms with Gasteiger partial charge in [0.05, 0.1) is 6.54 Å². The first-order valence-electron chi connectivity index (χ1n) is 7.47. The molecule has 0 aliphatic carbocycles. The van der Waals surface area contributed by atoms with Crippen LogP contribution < -0.4 is 5.32 Å². The number of nitrogens with one attached hydrogen (secondary N) is 1. The number of nitrogens with zero attached hydrogens (tertiary/aromatic N) is 1. The van der Waals surface area contributed by atoms with Gasteiger partial charge in [0, 0.05) is 5.69 Å². The monoisotopic (exact) mass is 276 g/mol. The number of amides is 1. The van der Waals surface area contributed by atoms with Gasteiger partial charge in [0.1, 0.15) is 0 Å². The van der Waals surface area contributed by atoms with Crippen molar-refractivity contribution >= 4 is 11.6 Å². The minimum absolute atomic E-state index is 0.0596. The van der Waals surface area contributed by atoms with Crippen LogP contribution in [0.2, 0.25) is 0 Å². The number of carbonyl (C=O) groups is 1. The Morgan fingerprint density at radius 3 is 2.45 bits per heavy atom. The molecule has 0 aliphatic heterocycles. The van der Waals surface area contributed by atoms with Gasteiger partial charge in [-0.25, -0.2) is 0 Å². The van der Waals surface area contributed by atoms with Crippen molar-refractivity contribution in [3.63, 3.8) is 0 Å². The van der Waals surface area contributed by atoms with Crippen LogP contribution in [0, 0.1) is 5.92 Å². The Bertz CT molecular complexity index is 427. The first kappa shape index (κ1) is 16.7. The molecule has 0 spiro atoms. The summed E-state index contributed by atoms with van der Waals surface area (Å²) in [5.74, 6) is 1.14. The van der Waals surface area contributed by atoms with Crippen molar-refractivity contribution in [2.75, 3.05) is 25.5 Å². The van der Waals surface area contributed by atoms with Crippen LogP contribution in [0.25, 0.3) is 0 Å². The maximum absolute atomic E-state index is 12.1. The normalized spacial score (nSPS) is 11.4. The van der Waals surface area contributed by atoms with E-state index in [9.17, 15) is 4.79 Å². The van der Waals surface area contributed by atoms with Crippen LogP contribution in [0.3, 0.4) is 0 Å². The number of benzene rings is 1. The molecule has 1 rings (SSSR count). The molecular formula is C17H28N2O. The number of hydrogen-bond donors (Lipinski definition) is 1. The SMILES string of the molecule is CC(C)CCN(C)CC(=O)Nc1ccccc1C(C)C. The van der Waals surface area contributed by atoms with Crippen molar-refractivity contribution in [3.05, 3.63) is 29.8 Å². The Kier molecular flexibility index (Phi) is 6.73. The lowest BCUT2D eigenvalue weighted by Gasteiger charge is -2.19. The molecule has 0 atom stereocenters. The predicted octanol–water partition coefficient (Wildman–Crippen LogP) is 3.73. The van der Waals surface area contributed by atoms with Crippen LogP contribution in [-0.4, -0.2) is 30.9 Å². The zero-order chi connectivity index (χ0) is 15.1. The Labute approximate surface area is 123 Å². The fraction of sp³-hybridized carbons (Fsp3) is 0.588. The fourth-order valence-corrected chi connectivity index (χ4v) is 2.11. The van der Waals surface area contributed by atoms with E-state index in [-0.39, 0.29) is 5.91 Å². The van der Waals surface area contributed by atoms with Gasteiger partial charge in [0.2, 0.25) is 5.91 Å². The number of carbonyl (C=O) groups excluding carboxylic acids is 1. The van der Waals surface area contributed by atoms with Crippen molar-refractivity contribution in [1.29, 1.82) is 0 Å². The van der Waals surface area contributed by atoms with Gasteiger partial charge in [-0.1, -0.05) is 45.9 Å². The summed E-state index contributed by atoms with van der Waals surface area (Å²) < 4.78 is 0. The minimum Gasteiger partial charge on any atom is -0.325 e. The summed E-state index contributed by atoms with van der Waals surface area (Å²) in [6, 6.07) is 8.02. The van der Waals surface area contributed by atoms with E-state index in [2.05, 4.69) is 44.0 Å². The van der Waals surface area contributed by atoms with Crippen molar-refractivity contribution in [2.24, 2.45) is 5.92 Å². The molecule has 0 saturated carbocycles. The highest BCUT2D eigenvalue weighted by atomic mass is 16.2. The average molecular weight is 276 g/mol. The smallest absolute Gasteiger partial charge is 0.238 e. The molecule has 3 heteroatoms. The molecule has 0 fully saturated rings. The van der Waals surface area contributed by atoms with Crippen LogP contribution in [0.4, 0.5) is 5.69 Å². The average Bonchev–Trinajstić information content (AvgIpc) is 2.36. The lowest BCUT2D eigenvalue weighted by molar-refractivity contribution is -0.117. The highest BCUT2D eigenvalue weighted by molar-refractivity contribution is 5.93. The minimum atomic E-state index is 0.0596. The van der Waals surface area contributed by atoms with Crippen molar-refractivity contribution in [2.45, 2.75) is 40.0 Å². The summed E-state index contributed by atoms with van der Waals surface area (Å²) in [6.07, 6.45) is 1.12. The van der Waals surface area contributed by atoms with Crippen LogP contribution >= 0.6 is 0 Å². The molecule has 0 heterocycles. The third kappa shape index (κ3) is 5.74. The molecule has 1 amide bonds. The van der Waals surface area contributed by atoms with E-state index >= 15 is 0 Å². The molecule has 0 aromatic heterocycles. The molecule has 0 saturated heterocycles. The summed E-state index contributed by atoms with van der Waals surface area (Å²) in [6.45, 7) is 10.1. The molecule has 1 N–H and O–H groups in total. The van der Waals surface area contributed by atoms with Gasteiger partial charge in [-0.15, -0.1) is 0 Å². The second kappa shape index (κ2) is 8.05. The largest absolute Gasteiger partial charge is 0.325 e. The fourth-order valence-electron chi connectivity index (χ4n) is 2.11. The van der Waals surface area contributed by atoms with Gasteiger partial charge in [0.15, 0.2) is 0 Å². The standard InChI is InChI=1S/C17H28N2O/c1-13(2)10-11-19(5)12-17(20)18-16-9-7-6-8-15(16)14(3)4/h6-9,13-14H,10-12H2,1-5H3,(H,18,20). The third-order valence-electron chi connectivity index (χ3n) is 3.36. The molecule has 3 nitrogen and oxygen atoms in total. The Morgan fingerprint density at radius 1 is 1.20 bits per heavy atom. The molecule has 0 unspecified atom stereocenters. The lowest BCUT2D eigenvalue weighted by atomic mass is 10.0.